The molecule has 0 bridgehead atoms. The van der Waals surface area contributed by atoms with Gasteiger partial charge >= 0.3 is 6.18 Å². The quantitative estimate of drug-likeness (QED) is 0.295. The Morgan fingerprint density at radius 2 is 2.05 bits per heavy atom. The van der Waals surface area contributed by atoms with E-state index in [-0.39, 0.29) is 11.3 Å². The molecule has 1 rings (SSSR count). The maximum absolute atomic E-state index is 13.4. The molecule has 7 heteroatoms. The van der Waals surface area contributed by atoms with Crippen LogP contribution in [0.1, 0.15) is 5.56 Å². The van der Waals surface area contributed by atoms with E-state index >= 15 is 0 Å². The third kappa shape index (κ3) is 4.06. The summed E-state index contributed by atoms with van der Waals surface area (Å²) in [6, 6.07) is 5.22. The number of halogens is 4. The fourth-order valence-electron chi connectivity index (χ4n) is 1.32. The molecule has 0 saturated carbocycles. The standard InChI is InChI=1S/C12H11F4NO2/c1-2-11(12(14,15)16)19-7-10(17-18)8-5-3-4-6-9(8)13/h2-6,11,18H,1,7H2. The number of nitrogens with zero attached hydrogens (tertiary/aromatic N) is 1. The molecule has 0 radical (unpaired) electrons. The Morgan fingerprint density at radius 3 is 2.53 bits per heavy atom. The number of rotatable bonds is 5. The lowest BCUT2D eigenvalue weighted by Crippen LogP contribution is -2.31. The molecule has 19 heavy (non-hydrogen) atoms. The van der Waals surface area contributed by atoms with E-state index in [1.54, 1.807) is 0 Å². The van der Waals surface area contributed by atoms with Gasteiger partial charge in [0, 0.05) is 5.56 Å². The van der Waals surface area contributed by atoms with Crippen molar-refractivity contribution in [3.05, 3.63) is 48.3 Å². The molecule has 3 nitrogen and oxygen atoms in total. The molecule has 1 aromatic rings. The van der Waals surface area contributed by atoms with Crippen LogP contribution in [0.2, 0.25) is 0 Å². The third-order valence-corrected chi connectivity index (χ3v) is 2.24. The fraction of sp³-hybridized carbons (Fsp3) is 0.250. The Kier molecular flexibility index (Phi) is 5.05. The highest BCUT2D eigenvalue weighted by Crippen LogP contribution is 2.23. The Bertz CT molecular complexity index is 471. The Hall–Kier alpha value is -1.89. The van der Waals surface area contributed by atoms with Gasteiger partial charge in [0.15, 0.2) is 6.10 Å². The topological polar surface area (TPSA) is 41.8 Å². The second-order valence-corrected chi connectivity index (χ2v) is 3.54. The van der Waals surface area contributed by atoms with Gasteiger partial charge in [-0.1, -0.05) is 23.4 Å². The summed E-state index contributed by atoms with van der Waals surface area (Å²) >= 11 is 0. The zero-order valence-electron chi connectivity index (χ0n) is 9.69. The van der Waals surface area contributed by atoms with Crippen LogP contribution >= 0.6 is 0 Å². The van der Waals surface area contributed by atoms with Crippen LogP contribution in [0.25, 0.3) is 0 Å². The average Bonchev–Trinajstić information content (AvgIpc) is 2.34. The molecule has 1 unspecified atom stereocenters. The summed E-state index contributed by atoms with van der Waals surface area (Å²) in [6.07, 6.45) is -6.27. The molecule has 1 N–H and O–H groups in total. The predicted octanol–water partition coefficient (Wildman–Crippen LogP) is 3.14. The minimum atomic E-state index is -4.63. The summed E-state index contributed by atoms with van der Waals surface area (Å²) in [7, 11) is 0. The summed E-state index contributed by atoms with van der Waals surface area (Å²) in [5.41, 5.74) is -0.468. The van der Waals surface area contributed by atoms with Gasteiger partial charge in [-0.25, -0.2) is 4.39 Å². The molecule has 0 aromatic heterocycles. The van der Waals surface area contributed by atoms with Gasteiger partial charge < -0.3 is 9.94 Å². The van der Waals surface area contributed by atoms with Crippen LogP contribution in [-0.4, -0.2) is 29.8 Å². The fourth-order valence-corrected chi connectivity index (χ4v) is 1.32. The SMILES string of the molecule is C=CC(OCC(=NO)c1ccccc1F)C(F)(F)F. The van der Waals surface area contributed by atoms with Crippen LogP contribution in [-0.2, 0) is 4.74 Å². The molecular weight excluding hydrogens is 266 g/mol. The minimum Gasteiger partial charge on any atom is -0.411 e. The van der Waals surface area contributed by atoms with E-state index in [0.29, 0.717) is 6.08 Å². The van der Waals surface area contributed by atoms with Crippen LogP contribution < -0.4 is 0 Å². The van der Waals surface area contributed by atoms with Crippen LogP contribution in [0.4, 0.5) is 17.6 Å². The highest BCUT2D eigenvalue weighted by molar-refractivity contribution is 6.01. The van der Waals surface area contributed by atoms with Crippen molar-refractivity contribution in [2.45, 2.75) is 12.3 Å². The first-order valence-corrected chi connectivity index (χ1v) is 5.17. The lowest BCUT2D eigenvalue weighted by molar-refractivity contribution is -0.199. The van der Waals surface area contributed by atoms with Gasteiger partial charge in [-0.05, 0) is 12.1 Å². The van der Waals surface area contributed by atoms with E-state index in [1.165, 1.54) is 18.2 Å². The van der Waals surface area contributed by atoms with E-state index < -0.39 is 24.7 Å². The number of benzene rings is 1. The largest absolute Gasteiger partial charge is 0.418 e. The molecule has 104 valence electrons. The lowest BCUT2D eigenvalue weighted by Gasteiger charge is -2.17. The minimum absolute atomic E-state index is 0.130. The van der Waals surface area contributed by atoms with Crippen LogP contribution in [0, 0.1) is 5.82 Å². The smallest absolute Gasteiger partial charge is 0.411 e. The van der Waals surface area contributed by atoms with Gasteiger partial charge in [-0.3, -0.25) is 0 Å². The van der Waals surface area contributed by atoms with E-state index in [9.17, 15) is 17.6 Å². The summed E-state index contributed by atoms with van der Waals surface area (Å²) in [6.45, 7) is 2.30. The monoisotopic (exact) mass is 277 g/mol. The van der Waals surface area contributed by atoms with Crippen LogP contribution in [0.5, 0.6) is 0 Å². The second kappa shape index (κ2) is 6.33. The molecule has 0 fully saturated rings. The molecule has 0 aliphatic heterocycles. The Labute approximate surface area is 106 Å². The molecule has 0 aliphatic rings. The van der Waals surface area contributed by atoms with Gasteiger partial charge in [0.25, 0.3) is 0 Å². The molecule has 0 aliphatic carbocycles. The summed E-state index contributed by atoms with van der Waals surface area (Å²) < 4.78 is 55.0. The first-order chi connectivity index (χ1) is 8.90. The number of oxime groups is 1. The normalized spacial score (nSPS) is 14.2. The van der Waals surface area contributed by atoms with Gasteiger partial charge in [0.1, 0.15) is 11.5 Å². The lowest BCUT2D eigenvalue weighted by atomic mass is 10.1. The zero-order chi connectivity index (χ0) is 14.5. The van der Waals surface area contributed by atoms with Crippen molar-refractivity contribution in [1.82, 2.24) is 0 Å². The summed E-state index contributed by atoms with van der Waals surface area (Å²) in [5.74, 6) is -0.721. The third-order valence-electron chi connectivity index (χ3n) is 2.24. The number of hydrogen-bond donors (Lipinski definition) is 1. The van der Waals surface area contributed by atoms with E-state index in [1.807, 2.05) is 0 Å². The van der Waals surface area contributed by atoms with Crippen molar-refractivity contribution >= 4 is 5.71 Å². The number of alkyl halides is 3. The molecule has 0 amide bonds. The van der Waals surface area contributed by atoms with Crippen molar-refractivity contribution in [2.24, 2.45) is 5.16 Å². The first kappa shape index (κ1) is 15.2. The van der Waals surface area contributed by atoms with Crippen LogP contribution in [0.15, 0.2) is 42.1 Å². The number of ether oxygens (including phenoxy) is 1. The van der Waals surface area contributed by atoms with Gasteiger partial charge in [-0.15, -0.1) is 6.58 Å². The van der Waals surface area contributed by atoms with Gasteiger partial charge in [0.2, 0.25) is 0 Å². The van der Waals surface area contributed by atoms with E-state index in [2.05, 4.69) is 16.5 Å². The zero-order valence-corrected chi connectivity index (χ0v) is 9.69. The van der Waals surface area contributed by atoms with Crippen molar-refractivity contribution in [1.29, 1.82) is 0 Å². The highest BCUT2D eigenvalue weighted by Gasteiger charge is 2.38. The van der Waals surface area contributed by atoms with E-state index in [4.69, 9.17) is 5.21 Å². The van der Waals surface area contributed by atoms with Crippen molar-refractivity contribution in [3.63, 3.8) is 0 Å². The van der Waals surface area contributed by atoms with Crippen molar-refractivity contribution < 1.29 is 27.5 Å². The molecular formula is C12H11F4NO2. The Balaban J connectivity index is 2.80. The molecule has 0 heterocycles. The molecule has 0 spiro atoms. The van der Waals surface area contributed by atoms with Crippen LogP contribution in [0.3, 0.4) is 0 Å². The summed E-state index contributed by atoms with van der Waals surface area (Å²) in [4.78, 5) is 0. The predicted molar refractivity (Wildman–Crippen MR) is 60.7 cm³/mol. The van der Waals surface area contributed by atoms with E-state index in [0.717, 1.165) is 6.07 Å². The van der Waals surface area contributed by atoms with Crippen molar-refractivity contribution in [3.8, 4) is 0 Å². The maximum Gasteiger partial charge on any atom is 0.418 e. The average molecular weight is 277 g/mol. The number of hydrogen-bond acceptors (Lipinski definition) is 3. The van der Waals surface area contributed by atoms with Gasteiger partial charge in [-0.2, -0.15) is 13.2 Å². The van der Waals surface area contributed by atoms with Crippen molar-refractivity contribution in [2.75, 3.05) is 6.61 Å². The molecule has 0 saturated heterocycles. The summed E-state index contributed by atoms with van der Waals surface area (Å²) in [5, 5.41) is 11.5. The maximum atomic E-state index is 13.4. The Morgan fingerprint density at radius 1 is 1.42 bits per heavy atom. The highest BCUT2D eigenvalue weighted by atomic mass is 19.4. The first-order valence-electron chi connectivity index (χ1n) is 5.17. The molecule has 1 atom stereocenters. The second-order valence-electron chi connectivity index (χ2n) is 3.54. The van der Waals surface area contributed by atoms with Gasteiger partial charge in [0.05, 0.1) is 6.61 Å². The molecule has 1 aromatic carbocycles.